The van der Waals surface area contributed by atoms with Crippen LogP contribution in [0.5, 0.6) is 0 Å². The van der Waals surface area contributed by atoms with E-state index in [1.165, 1.54) is 5.69 Å². The summed E-state index contributed by atoms with van der Waals surface area (Å²) in [5.74, 6) is 1.02. The van der Waals surface area contributed by atoms with Gasteiger partial charge in [0.15, 0.2) is 0 Å². The van der Waals surface area contributed by atoms with Crippen LogP contribution in [-0.4, -0.2) is 36.2 Å². The lowest BCUT2D eigenvalue weighted by atomic mass is 10.2. The van der Waals surface area contributed by atoms with E-state index in [0.717, 1.165) is 24.9 Å². The number of anilines is 1. The van der Waals surface area contributed by atoms with E-state index < -0.39 is 0 Å². The topological polar surface area (TPSA) is 71.3 Å². The molecule has 0 spiro atoms. The van der Waals surface area contributed by atoms with E-state index >= 15 is 0 Å². The van der Waals surface area contributed by atoms with Gasteiger partial charge in [-0.15, -0.1) is 10.2 Å². The van der Waals surface area contributed by atoms with Gasteiger partial charge in [0.2, 0.25) is 17.7 Å². The fourth-order valence-electron chi connectivity index (χ4n) is 2.68. The molecular weight excluding hydrogens is 360 g/mol. The smallest absolute Gasteiger partial charge is 0.248 e. The van der Waals surface area contributed by atoms with Crippen LogP contribution in [0, 0.1) is 0 Å². The number of hydrogen-bond acceptors (Lipinski definition) is 6. The summed E-state index contributed by atoms with van der Waals surface area (Å²) in [6.07, 6.45) is 2.79. The molecule has 2 aromatic heterocycles. The van der Waals surface area contributed by atoms with E-state index in [9.17, 15) is 4.79 Å². The Morgan fingerprint density at radius 1 is 1.19 bits per heavy atom. The highest BCUT2D eigenvalue weighted by atomic mass is 32.1. The Balaban J connectivity index is 1.29. The van der Waals surface area contributed by atoms with Crippen LogP contribution in [0.4, 0.5) is 5.69 Å². The molecule has 142 valence electrons. The first-order chi connectivity index (χ1) is 13.2. The zero-order chi connectivity index (χ0) is 18.9. The number of unbranched alkanes of at least 4 members (excludes halogenated alkanes) is 1. The van der Waals surface area contributed by atoms with E-state index in [1.54, 1.807) is 11.3 Å². The average molecular weight is 385 g/mol. The van der Waals surface area contributed by atoms with Crippen molar-refractivity contribution in [1.82, 2.24) is 15.5 Å². The molecule has 1 N–H and O–H groups in total. The highest BCUT2D eigenvalue weighted by Gasteiger charge is 2.10. The molecule has 7 heteroatoms. The third-order valence-electron chi connectivity index (χ3n) is 4.24. The molecule has 0 saturated heterocycles. The van der Waals surface area contributed by atoms with Gasteiger partial charge in [-0.05, 0) is 36.4 Å². The van der Waals surface area contributed by atoms with Crippen molar-refractivity contribution in [3.63, 3.8) is 0 Å². The van der Waals surface area contributed by atoms with Crippen molar-refractivity contribution in [2.45, 2.75) is 25.7 Å². The van der Waals surface area contributed by atoms with Crippen molar-refractivity contribution in [3.8, 4) is 11.5 Å². The quantitative estimate of drug-likeness (QED) is 0.539. The number of carbonyl (C=O) groups is 1. The van der Waals surface area contributed by atoms with Gasteiger partial charge in [0, 0.05) is 49.6 Å². The van der Waals surface area contributed by atoms with Crippen LogP contribution >= 0.6 is 11.3 Å². The Bertz CT molecular complexity index is 818. The van der Waals surface area contributed by atoms with Crippen LogP contribution in [0.1, 0.15) is 25.2 Å². The molecule has 0 atom stereocenters. The molecule has 2 heterocycles. The maximum absolute atomic E-state index is 12.0. The number of aromatic nitrogens is 2. The van der Waals surface area contributed by atoms with E-state index in [1.807, 2.05) is 35.0 Å². The molecule has 3 rings (SSSR count). The van der Waals surface area contributed by atoms with Crippen molar-refractivity contribution in [1.29, 1.82) is 0 Å². The number of rotatable bonds is 10. The number of thiophene rings is 1. The maximum Gasteiger partial charge on any atom is 0.248 e. The second kappa shape index (κ2) is 9.87. The van der Waals surface area contributed by atoms with E-state index in [0.29, 0.717) is 31.2 Å². The first-order valence-electron chi connectivity index (χ1n) is 9.10. The molecule has 6 nitrogen and oxygen atoms in total. The van der Waals surface area contributed by atoms with E-state index in [2.05, 4.69) is 39.6 Å². The van der Waals surface area contributed by atoms with Crippen LogP contribution in [0.15, 0.2) is 51.6 Å². The highest BCUT2D eigenvalue weighted by Crippen LogP contribution is 2.20. The van der Waals surface area contributed by atoms with Crippen molar-refractivity contribution >= 4 is 22.9 Å². The minimum absolute atomic E-state index is 0.0155. The van der Waals surface area contributed by atoms with E-state index in [-0.39, 0.29) is 5.91 Å². The standard InChI is InChI=1S/C20H24N4O2S/c1-24(17-7-3-2-4-8-17)13-6-5-12-21-18(25)9-10-19-22-23-20(26-19)16-11-14-27-15-16/h2-4,7-8,11,14-15H,5-6,9-10,12-13H2,1H3,(H,21,25). The summed E-state index contributed by atoms with van der Waals surface area (Å²) < 4.78 is 5.59. The summed E-state index contributed by atoms with van der Waals surface area (Å²) in [5.41, 5.74) is 2.13. The van der Waals surface area contributed by atoms with Gasteiger partial charge in [-0.25, -0.2) is 0 Å². The van der Waals surface area contributed by atoms with Crippen molar-refractivity contribution in [2.24, 2.45) is 0 Å². The minimum atomic E-state index is 0.0155. The number of benzene rings is 1. The molecular formula is C20H24N4O2S. The number of carbonyl (C=O) groups excluding carboxylic acids is 1. The van der Waals surface area contributed by atoms with Gasteiger partial charge in [-0.3, -0.25) is 4.79 Å². The van der Waals surface area contributed by atoms with Gasteiger partial charge in [0.25, 0.3) is 0 Å². The van der Waals surface area contributed by atoms with Crippen molar-refractivity contribution < 1.29 is 9.21 Å². The summed E-state index contributed by atoms with van der Waals surface area (Å²) >= 11 is 1.58. The monoisotopic (exact) mass is 384 g/mol. The average Bonchev–Trinajstić information content (AvgIpc) is 3.38. The lowest BCUT2D eigenvalue weighted by Gasteiger charge is -2.19. The van der Waals surface area contributed by atoms with Crippen LogP contribution in [0.25, 0.3) is 11.5 Å². The molecule has 3 aromatic rings. The molecule has 0 aliphatic rings. The molecule has 0 unspecified atom stereocenters. The van der Waals surface area contributed by atoms with Gasteiger partial charge < -0.3 is 14.6 Å². The number of hydrogen-bond donors (Lipinski definition) is 1. The number of nitrogens with zero attached hydrogens (tertiary/aromatic N) is 3. The Hall–Kier alpha value is -2.67. The molecule has 0 radical (unpaired) electrons. The number of aryl methyl sites for hydroxylation is 1. The normalized spacial score (nSPS) is 10.7. The summed E-state index contributed by atoms with van der Waals surface area (Å²) in [6.45, 7) is 1.65. The van der Waals surface area contributed by atoms with Crippen LogP contribution in [0.3, 0.4) is 0 Å². The van der Waals surface area contributed by atoms with E-state index in [4.69, 9.17) is 4.42 Å². The second-order valence-corrected chi connectivity index (χ2v) is 7.11. The van der Waals surface area contributed by atoms with Gasteiger partial charge in [-0.1, -0.05) is 18.2 Å². The molecule has 0 fully saturated rings. The first-order valence-corrected chi connectivity index (χ1v) is 10.0. The van der Waals surface area contributed by atoms with Gasteiger partial charge in [0.1, 0.15) is 0 Å². The molecule has 1 amide bonds. The molecule has 0 aliphatic heterocycles. The summed E-state index contributed by atoms with van der Waals surface area (Å²) in [4.78, 5) is 14.2. The maximum atomic E-state index is 12.0. The Morgan fingerprint density at radius 2 is 2.04 bits per heavy atom. The third-order valence-corrected chi connectivity index (χ3v) is 4.92. The predicted octanol–water partition coefficient (Wildman–Crippen LogP) is 3.76. The van der Waals surface area contributed by atoms with Gasteiger partial charge >= 0.3 is 0 Å². The molecule has 0 aliphatic carbocycles. The Labute approximate surface area is 163 Å². The first kappa shape index (κ1) is 19.1. The number of amides is 1. The van der Waals surface area contributed by atoms with Crippen LogP contribution in [0.2, 0.25) is 0 Å². The highest BCUT2D eigenvalue weighted by molar-refractivity contribution is 7.08. The largest absolute Gasteiger partial charge is 0.421 e. The second-order valence-electron chi connectivity index (χ2n) is 6.33. The Morgan fingerprint density at radius 3 is 2.81 bits per heavy atom. The predicted molar refractivity (Wildman–Crippen MR) is 108 cm³/mol. The summed E-state index contributed by atoms with van der Waals surface area (Å²) in [5, 5.41) is 14.9. The Kier molecular flexibility index (Phi) is 6.98. The van der Waals surface area contributed by atoms with Gasteiger partial charge in [0.05, 0.1) is 0 Å². The fraction of sp³-hybridized carbons (Fsp3) is 0.350. The van der Waals surface area contributed by atoms with Crippen LogP contribution < -0.4 is 10.2 Å². The van der Waals surface area contributed by atoms with Crippen molar-refractivity contribution in [2.75, 3.05) is 25.0 Å². The molecule has 1 aromatic carbocycles. The zero-order valence-corrected chi connectivity index (χ0v) is 16.2. The van der Waals surface area contributed by atoms with Crippen LogP contribution in [-0.2, 0) is 11.2 Å². The molecule has 0 saturated carbocycles. The summed E-state index contributed by atoms with van der Waals surface area (Å²) in [7, 11) is 2.09. The third kappa shape index (κ3) is 5.92. The number of para-hydroxylation sites is 1. The van der Waals surface area contributed by atoms with Gasteiger partial charge in [-0.2, -0.15) is 11.3 Å². The molecule has 27 heavy (non-hydrogen) atoms. The summed E-state index contributed by atoms with van der Waals surface area (Å²) in [6, 6.07) is 12.2. The van der Waals surface area contributed by atoms with Crippen molar-refractivity contribution in [3.05, 3.63) is 53.0 Å². The fourth-order valence-corrected chi connectivity index (χ4v) is 3.31. The zero-order valence-electron chi connectivity index (χ0n) is 15.4. The SMILES string of the molecule is CN(CCCCNC(=O)CCc1nnc(-c2ccsc2)o1)c1ccccc1. The lowest BCUT2D eigenvalue weighted by Crippen LogP contribution is -2.26. The lowest BCUT2D eigenvalue weighted by molar-refractivity contribution is -0.121. The minimum Gasteiger partial charge on any atom is -0.421 e. The number of nitrogens with one attached hydrogen (secondary N) is 1. The molecule has 0 bridgehead atoms.